The van der Waals surface area contributed by atoms with Crippen LogP contribution in [0.25, 0.3) is 10.1 Å². The SMILES string of the molecule is CC(=O)NCc1csc2ccc(C(=O)O)cc12. The minimum atomic E-state index is -0.941. The molecule has 0 fully saturated rings. The summed E-state index contributed by atoms with van der Waals surface area (Å²) in [5.41, 5.74) is 1.21. The second-order valence-corrected chi connectivity index (χ2v) is 4.60. The molecule has 0 aliphatic carbocycles. The number of nitrogens with one attached hydrogen (secondary N) is 1. The number of thiophene rings is 1. The third kappa shape index (κ3) is 2.45. The van der Waals surface area contributed by atoms with Crippen molar-refractivity contribution in [3.8, 4) is 0 Å². The lowest BCUT2D eigenvalue weighted by Gasteiger charge is -2.01. The topological polar surface area (TPSA) is 66.4 Å². The molecule has 0 saturated carbocycles. The Morgan fingerprint density at radius 3 is 2.82 bits per heavy atom. The summed E-state index contributed by atoms with van der Waals surface area (Å²) in [6.07, 6.45) is 0. The minimum Gasteiger partial charge on any atom is -0.478 e. The normalized spacial score (nSPS) is 10.4. The molecule has 0 radical (unpaired) electrons. The number of benzene rings is 1. The smallest absolute Gasteiger partial charge is 0.335 e. The number of carbonyl (C=O) groups excluding carboxylic acids is 1. The van der Waals surface area contributed by atoms with Gasteiger partial charge >= 0.3 is 5.97 Å². The van der Waals surface area contributed by atoms with E-state index in [0.29, 0.717) is 6.54 Å². The van der Waals surface area contributed by atoms with Gasteiger partial charge in [-0.2, -0.15) is 0 Å². The van der Waals surface area contributed by atoms with Gasteiger partial charge in [-0.25, -0.2) is 4.79 Å². The van der Waals surface area contributed by atoms with Crippen LogP contribution in [-0.4, -0.2) is 17.0 Å². The fourth-order valence-electron chi connectivity index (χ4n) is 1.57. The van der Waals surface area contributed by atoms with Gasteiger partial charge in [0.25, 0.3) is 0 Å². The molecule has 1 aromatic carbocycles. The molecule has 2 N–H and O–H groups in total. The number of carboxylic acids is 1. The van der Waals surface area contributed by atoms with E-state index in [2.05, 4.69) is 5.32 Å². The van der Waals surface area contributed by atoms with E-state index in [4.69, 9.17) is 5.11 Å². The number of hydrogen-bond acceptors (Lipinski definition) is 3. The van der Waals surface area contributed by atoms with Crippen LogP contribution in [-0.2, 0) is 11.3 Å². The first-order valence-corrected chi connectivity index (χ1v) is 5.94. The van der Waals surface area contributed by atoms with Crippen molar-refractivity contribution < 1.29 is 14.7 Å². The Kier molecular flexibility index (Phi) is 3.10. The van der Waals surface area contributed by atoms with E-state index in [-0.39, 0.29) is 11.5 Å². The van der Waals surface area contributed by atoms with E-state index < -0.39 is 5.97 Å². The summed E-state index contributed by atoms with van der Waals surface area (Å²) in [6.45, 7) is 1.88. The molecule has 0 aliphatic rings. The number of carboxylic acid groups (broad SMARTS) is 1. The summed E-state index contributed by atoms with van der Waals surface area (Å²) in [6, 6.07) is 5.02. The largest absolute Gasteiger partial charge is 0.478 e. The summed E-state index contributed by atoms with van der Waals surface area (Å²) in [7, 11) is 0. The van der Waals surface area contributed by atoms with Crippen LogP contribution in [0.5, 0.6) is 0 Å². The number of aromatic carboxylic acids is 1. The first-order chi connectivity index (χ1) is 8.08. The van der Waals surface area contributed by atoms with E-state index >= 15 is 0 Å². The lowest BCUT2D eigenvalue weighted by molar-refractivity contribution is -0.119. The van der Waals surface area contributed by atoms with Crippen LogP contribution in [0.15, 0.2) is 23.6 Å². The van der Waals surface area contributed by atoms with Crippen molar-refractivity contribution in [2.24, 2.45) is 0 Å². The molecule has 17 heavy (non-hydrogen) atoms. The molecular weight excluding hydrogens is 238 g/mol. The van der Waals surface area contributed by atoms with Crippen LogP contribution in [0.3, 0.4) is 0 Å². The Balaban J connectivity index is 2.39. The van der Waals surface area contributed by atoms with Crippen LogP contribution in [0.2, 0.25) is 0 Å². The predicted molar refractivity (Wildman–Crippen MR) is 66.3 cm³/mol. The monoisotopic (exact) mass is 249 g/mol. The molecule has 4 nitrogen and oxygen atoms in total. The molecule has 1 amide bonds. The first kappa shape index (κ1) is 11.6. The van der Waals surface area contributed by atoms with Crippen molar-refractivity contribution in [1.29, 1.82) is 0 Å². The molecular formula is C12H11NO3S. The van der Waals surface area contributed by atoms with Crippen LogP contribution in [0.4, 0.5) is 0 Å². The van der Waals surface area contributed by atoms with Crippen LogP contribution < -0.4 is 5.32 Å². The maximum atomic E-state index is 10.9. The van der Waals surface area contributed by atoms with Crippen molar-refractivity contribution in [1.82, 2.24) is 5.32 Å². The molecule has 1 aromatic heterocycles. The molecule has 2 aromatic rings. The van der Waals surface area contributed by atoms with E-state index in [1.54, 1.807) is 29.5 Å². The molecule has 0 saturated heterocycles. The van der Waals surface area contributed by atoms with E-state index in [0.717, 1.165) is 15.6 Å². The van der Waals surface area contributed by atoms with Gasteiger partial charge in [0.2, 0.25) is 5.91 Å². The third-order valence-corrected chi connectivity index (χ3v) is 3.44. The number of carbonyl (C=O) groups is 2. The standard InChI is InChI=1S/C12H11NO3S/c1-7(14)13-5-9-6-17-11-3-2-8(12(15)16)4-10(9)11/h2-4,6H,5H2,1H3,(H,13,14)(H,15,16). The second-order valence-electron chi connectivity index (χ2n) is 3.69. The van der Waals surface area contributed by atoms with Crippen molar-refractivity contribution in [3.63, 3.8) is 0 Å². The third-order valence-electron chi connectivity index (χ3n) is 2.43. The van der Waals surface area contributed by atoms with Crippen molar-refractivity contribution in [2.75, 3.05) is 0 Å². The Labute approximate surface area is 102 Å². The summed E-state index contributed by atoms with van der Waals surface area (Å²) in [5.74, 6) is -1.04. The summed E-state index contributed by atoms with van der Waals surface area (Å²) in [4.78, 5) is 21.7. The zero-order valence-corrected chi connectivity index (χ0v) is 10.0. The molecule has 2 rings (SSSR count). The van der Waals surface area contributed by atoms with Gasteiger partial charge in [0.1, 0.15) is 0 Å². The zero-order valence-electron chi connectivity index (χ0n) is 9.19. The lowest BCUT2D eigenvalue weighted by Crippen LogP contribution is -2.18. The van der Waals surface area contributed by atoms with Gasteiger partial charge in [0, 0.05) is 18.2 Å². The zero-order chi connectivity index (χ0) is 12.4. The Morgan fingerprint density at radius 1 is 1.41 bits per heavy atom. The predicted octanol–water partition coefficient (Wildman–Crippen LogP) is 2.24. The van der Waals surface area contributed by atoms with Gasteiger partial charge in [-0.15, -0.1) is 11.3 Å². The Morgan fingerprint density at radius 2 is 2.18 bits per heavy atom. The van der Waals surface area contributed by atoms with Gasteiger partial charge < -0.3 is 10.4 Å². The van der Waals surface area contributed by atoms with E-state index in [1.807, 2.05) is 5.38 Å². The maximum Gasteiger partial charge on any atom is 0.335 e. The molecule has 1 heterocycles. The maximum absolute atomic E-state index is 10.9. The van der Waals surface area contributed by atoms with Crippen LogP contribution in [0, 0.1) is 0 Å². The van der Waals surface area contributed by atoms with Crippen molar-refractivity contribution >= 4 is 33.3 Å². The van der Waals surface area contributed by atoms with Gasteiger partial charge in [-0.3, -0.25) is 4.79 Å². The van der Waals surface area contributed by atoms with Gasteiger partial charge in [-0.05, 0) is 34.5 Å². The molecule has 5 heteroatoms. The lowest BCUT2D eigenvalue weighted by atomic mass is 10.1. The highest BCUT2D eigenvalue weighted by molar-refractivity contribution is 7.17. The quantitative estimate of drug-likeness (QED) is 0.876. The fourth-order valence-corrected chi connectivity index (χ4v) is 2.51. The van der Waals surface area contributed by atoms with Crippen molar-refractivity contribution in [2.45, 2.75) is 13.5 Å². The van der Waals surface area contributed by atoms with Gasteiger partial charge in [0.15, 0.2) is 0 Å². The van der Waals surface area contributed by atoms with Gasteiger partial charge in [0.05, 0.1) is 5.56 Å². The summed E-state index contributed by atoms with van der Waals surface area (Å²) >= 11 is 1.54. The second kappa shape index (κ2) is 4.55. The average molecular weight is 249 g/mol. The molecule has 0 spiro atoms. The minimum absolute atomic E-state index is 0.0984. The molecule has 0 bridgehead atoms. The molecule has 0 atom stereocenters. The summed E-state index contributed by atoms with van der Waals surface area (Å²) in [5, 5.41) is 14.5. The highest BCUT2D eigenvalue weighted by Crippen LogP contribution is 2.27. The number of hydrogen-bond donors (Lipinski definition) is 2. The van der Waals surface area contributed by atoms with E-state index in [1.165, 1.54) is 6.92 Å². The average Bonchev–Trinajstić information content (AvgIpc) is 2.68. The number of rotatable bonds is 3. The Hall–Kier alpha value is -1.88. The highest BCUT2D eigenvalue weighted by atomic mass is 32.1. The van der Waals surface area contributed by atoms with E-state index in [9.17, 15) is 9.59 Å². The van der Waals surface area contributed by atoms with Crippen molar-refractivity contribution in [3.05, 3.63) is 34.7 Å². The Bertz CT molecular complexity index is 588. The summed E-state index contributed by atoms with van der Waals surface area (Å²) < 4.78 is 1.02. The van der Waals surface area contributed by atoms with Crippen LogP contribution in [0.1, 0.15) is 22.8 Å². The molecule has 0 aliphatic heterocycles. The van der Waals surface area contributed by atoms with Gasteiger partial charge in [-0.1, -0.05) is 0 Å². The molecule has 88 valence electrons. The highest BCUT2D eigenvalue weighted by Gasteiger charge is 2.08. The van der Waals surface area contributed by atoms with Crippen LogP contribution >= 0.6 is 11.3 Å². The number of fused-ring (bicyclic) bond motifs is 1. The number of amides is 1. The molecule has 0 unspecified atom stereocenters. The fraction of sp³-hybridized carbons (Fsp3) is 0.167. The first-order valence-electron chi connectivity index (χ1n) is 5.06.